The number of aromatic nitrogens is 2. The van der Waals surface area contributed by atoms with E-state index in [0.29, 0.717) is 5.69 Å². The lowest BCUT2D eigenvalue weighted by molar-refractivity contribution is 0.147. The summed E-state index contributed by atoms with van der Waals surface area (Å²) in [6.45, 7) is 7.25. The van der Waals surface area contributed by atoms with Crippen LogP contribution in [-0.2, 0) is 11.3 Å². The second-order valence-corrected chi connectivity index (χ2v) is 3.27. The number of anilines is 2. The Morgan fingerprint density at radius 2 is 2.25 bits per heavy atom. The molecule has 0 amide bonds. The highest BCUT2D eigenvalue weighted by Gasteiger charge is 2.03. The maximum Gasteiger partial charge on any atom is 0.171 e. The van der Waals surface area contributed by atoms with E-state index in [1.807, 2.05) is 24.7 Å². The van der Waals surface area contributed by atoms with Crippen LogP contribution in [0.2, 0.25) is 0 Å². The zero-order chi connectivity index (χ0) is 11.1. The third-order valence-corrected chi connectivity index (χ3v) is 2.08. The summed E-state index contributed by atoms with van der Waals surface area (Å²) in [7, 11) is 0. The summed E-state index contributed by atoms with van der Waals surface area (Å²) < 4.78 is 7.05. The standard InChI is InChI=1S/C10H20N4O.ClH/c1-3-14-8-9(11)10(13-14)12-6-5-7-15-4-2;/h8H,3-7,11H2,1-2H3,(H,12,13);1H. The average Bonchev–Trinajstić information content (AvgIpc) is 2.59. The summed E-state index contributed by atoms with van der Waals surface area (Å²) in [4.78, 5) is 0. The van der Waals surface area contributed by atoms with Crippen molar-refractivity contribution in [3.63, 3.8) is 0 Å². The number of rotatable bonds is 7. The van der Waals surface area contributed by atoms with Crippen molar-refractivity contribution in [2.24, 2.45) is 0 Å². The number of nitrogens with one attached hydrogen (secondary N) is 1. The van der Waals surface area contributed by atoms with E-state index in [-0.39, 0.29) is 12.4 Å². The minimum absolute atomic E-state index is 0. The molecule has 94 valence electrons. The lowest BCUT2D eigenvalue weighted by atomic mass is 10.4. The zero-order valence-corrected chi connectivity index (χ0v) is 10.7. The molecule has 0 aliphatic rings. The summed E-state index contributed by atoms with van der Waals surface area (Å²) in [5, 5.41) is 7.48. The van der Waals surface area contributed by atoms with Crippen LogP contribution in [0, 0.1) is 0 Å². The largest absolute Gasteiger partial charge is 0.394 e. The predicted octanol–water partition coefficient (Wildman–Crippen LogP) is 1.75. The maximum atomic E-state index is 5.78. The smallest absolute Gasteiger partial charge is 0.171 e. The van der Waals surface area contributed by atoms with Crippen molar-refractivity contribution in [2.75, 3.05) is 30.8 Å². The van der Waals surface area contributed by atoms with Gasteiger partial charge in [0.25, 0.3) is 0 Å². The van der Waals surface area contributed by atoms with Crippen LogP contribution in [0.25, 0.3) is 0 Å². The summed E-state index contributed by atoms with van der Waals surface area (Å²) in [6, 6.07) is 0. The number of halogens is 1. The quantitative estimate of drug-likeness (QED) is 0.722. The van der Waals surface area contributed by atoms with Crippen LogP contribution in [0.15, 0.2) is 6.20 Å². The lowest BCUT2D eigenvalue weighted by Crippen LogP contribution is -2.07. The van der Waals surface area contributed by atoms with Gasteiger partial charge in [-0.15, -0.1) is 12.4 Å². The summed E-state index contributed by atoms with van der Waals surface area (Å²) in [5.74, 6) is 0.772. The molecular formula is C10H21ClN4O. The van der Waals surface area contributed by atoms with Gasteiger partial charge >= 0.3 is 0 Å². The first-order valence-electron chi connectivity index (χ1n) is 5.42. The molecule has 0 atom stereocenters. The van der Waals surface area contributed by atoms with Gasteiger partial charge in [-0.3, -0.25) is 4.68 Å². The van der Waals surface area contributed by atoms with Crippen LogP contribution in [0.5, 0.6) is 0 Å². The Morgan fingerprint density at radius 3 is 2.81 bits per heavy atom. The number of ether oxygens (including phenoxy) is 1. The Hall–Kier alpha value is -0.940. The monoisotopic (exact) mass is 248 g/mol. The topological polar surface area (TPSA) is 65.1 Å². The number of nitrogens with two attached hydrogens (primary N) is 1. The van der Waals surface area contributed by atoms with Gasteiger partial charge in [-0.25, -0.2) is 0 Å². The molecule has 0 saturated carbocycles. The fraction of sp³-hybridized carbons (Fsp3) is 0.700. The van der Waals surface area contributed by atoms with Crippen LogP contribution >= 0.6 is 12.4 Å². The van der Waals surface area contributed by atoms with Gasteiger partial charge in [0.05, 0.1) is 11.9 Å². The van der Waals surface area contributed by atoms with Crippen molar-refractivity contribution in [2.45, 2.75) is 26.8 Å². The molecule has 0 unspecified atom stereocenters. The average molecular weight is 249 g/mol. The van der Waals surface area contributed by atoms with E-state index in [2.05, 4.69) is 10.4 Å². The minimum Gasteiger partial charge on any atom is -0.394 e. The molecule has 0 radical (unpaired) electrons. The zero-order valence-electron chi connectivity index (χ0n) is 9.90. The Bertz CT molecular complexity index is 290. The first-order valence-corrected chi connectivity index (χ1v) is 5.42. The van der Waals surface area contributed by atoms with Crippen molar-refractivity contribution >= 4 is 23.9 Å². The molecule has 1 aromatic rings. The van der Waals surface area contributed by atoms with E-state index in [0.717, 1.165) is 38.5 Å². The number of aryl methyl sites for hydroxylation is 1. The first kappa shape index (κ1) is 15.1. The first-order chi connectivity index (χ1) is 7.27. The molecule has 1 heterocycles. The van der Waals surface area contributed by atoms with Crippen molar-refractivity contribution in [1.82, 2.24) is 9.78 Å². The highest BCUT2D eigenvalue weighted by Crippen LogP contribution is 2.14. The molecular weight excluding hydrogens is 228 g/mol. The fourth-order valence-electron chi connectivity index (χ4n) is 1.26. The van der Waals surface area contributed by atoms with Crippen LogP contribution < -0.4 is 11.1 Å². The van der Waals surface area contributed by atoms with Crippen molar-refractivity contribution in [3.05, 3.63) is 6.20 Å². The Balaban J connectivity index is 0.00000225. The van der Waals surface area contributed by atoms with Gasteiger partial charge in [0.2, 0.25) is 0 Å². The summed E-state index contributed by atoms with van der Waals surface area (Å²) >= 11 is 0. The molecule has 0 fully saturated rings. The van der Waals surface area contributed by atoms with Gasteiger partial charge in [-0.2, -0.15) is 5.10 Å². The molecule has 16 heavy (non-hydrogen) atoms. The summed E-state index contributed by atoms with van der Waals surface area (Å²) in [5.41, 5.74) is 6.48. The highest BCUT2D eigenvalue weighted by atomic mass is 35.5. The Labute approximate surface area is 103 Å². The molecule has 0 aliphatic carbocycles. The predicted molar refractivity (Wildman–Crippen MR) is 69.2 cm³/mol. The molecule has 5 nitrogen and oxygen atoms in total. The number of hydrogen-bond donors (Lipinski definition) is 2. The lowest BCUT2D eigenvalue weighted by Gasteiger charge is -2.03. The van der Waals surface area contributed by atoms with E-state index in [4.69, 9.17) is 10.5 Å². The van der Waals surface area contributed by atoms with Gasteiger partial charge in [-0.1, -0.05) is 0 Å². The SMILES string of the molecule is CCOCCCNc1nn(CC)cc1N.Cl. The van der Waals surface area contributed by atoms with Gasteiger partial charge < -0.3 is 15.8 Å². The number of hydrogen-bond acceptors (Lipinski definition) is 4. The van der Waals surface area contributed by atoms with E-state index < -0.39 is 0 Å². The molecule has 0 aromatic carbocycles. The van der Waals surface area contributed by atoms with E-state index in [1.165, 1.54) is 0 Å². The number of nitrogen functional groups attached to an aromatic ring is 1. The molecule has 6 heteroatoms. The minimum atomic E-state index is 0. The van der Waals surface area contributed by atoms with Crippen molar-refractivity contribution < 1.29 is 4.74 Å². The molecule has 1 rings (SSSR count). The second kappa shape index (κ2) is 8.24. The highest BCUT2D eigenvalue weighted by molar-refractivity contribution is 5.85. The molecule has 0 saturated heterocycles. The van der Waals surface area contributed by atoms with E-state index in [9.17, 15) is 0 Å². The van der Waals surface area contributed by atoms with E-state index in [1.54, 1.807) is 0 Å². The molecule has 3 N–H and O–H groups in total. The Morgan fingerprint density at radius 1 is 1.50 bits per heavy atom. The van der Waals surface area contributed by atoms with Crippen LogP contribution in [0.4, 0.5) is 11.5 Å². The van der Waals surface area contributed by atoms with E-state index >= 15 is 0 Å². The third kappa shape index (κ3) is 4.72. The van der Waals surface area contributed by atoms with Gasteiger partial charge in [-0.05, 0) is 20.3 Å². The van der Waals surface area contributed by atoms with Crippen LogP contribution in [0.1, 0.15) is 20.3 Å². The molecule has 1 aromatic heterocycles. The van der Waals surface area contributed by atoms with Gasteiger partial charge in [0, 0.05) is 26.3 Å². The summed E-state index contributed by atoms with van der Waals surface area (Å²) in [6.07, 6.45) is 2.80. The molecule has 0 aliphatic heterocycles. The number of nitrogens with zero attached hydrogens (tertiary/aromatic N) is 2. The fourth-order valence-corrected chi connectivity index (χ4v) is 1.26. The van der Waals surface area contributed by atoms with Crippen LogP contribution in [0.3, 0.4) is 0 Å². The maximum absolute atomic E-state index is 5.78. The van der Waals surface area contributed by atoms with Crippen molar-refractivity contribution in [3.8, 4) is 0 Å². The molecule has 0 bridgehead atoms. The molecule has 0 spiro atoms. The van der Waals surface area contributed by atoms with Gasteiger partial charge in [0.1, 0.15) is 0 Å². The van der Waals surface area contributed by atoms with Gasteiger partial charge in [0.15, 0.2) is 5.82 Å². The van der Waals surface area contributed by atoms with Crippen LogP contribution in [-0.4, -0.2) is 29.5 Å². The van der Waals surface area contributed by atoms with Crippen molar-refractivity contribution in [1.29, 1.82) is 0 Å². The second-order valence-electron chi connectivity index (χ2n) is 3.27. The normalized spacial score (nSPS) is 9.88. The Kier molecular flexibility index (Phi) is 7.76. The third-order valence-electron chi connectivity index (χ3n) is 2.08.